The van der Waals surface area contributed by atoms with Gasteiger partial charge < -0.3 is 5.32 Å². The zero-order chi connectivity index (χ0) is 14.9. The second kappa shape index (κ2) is 5.94. The van der Waals surface area contributed by atoms with Crippen molar-refractivity contribution < 1.29 is 0 Å². The first-order valence-corrected chi connectivity index (χ1v) is 9.06. The quantitative estimate of drug-likeness (QED) is 0.859. The zero-order valence-corrected chi connectivity index (χ0v) is 13.6. The molecule has 0 saturated heterocycles. The fourth-order valence-electron chi connectivity index (χ4n) is 4.23. The molecule has 2 fully saturated rings. The molecule has 2 saturated carbocycles. The number of rotatable bonds is 3. The SMILES string of the molecule is Cc1ccn2c(NC3CCCC3)c(C3CCCCC3)nc2c1. The topological polar surface area (TPSA) is 29.3 Å². The van der Waals surface area contributed by atoms with Crippen LogP contribution in [0.15, 0.2) is 18.3 Å². The van der Waals surface area contributed by atoms with Gasteiger partial charge in [-0.2, -0.15) is 0 Å². The van der Waals surface area contributed by atoms with Gasteiger partial charge in [0.25, 0.3) is 0 Å². The number of imidazole rings is 1. The summed E-state index contributed by atoms with van der Waals surface area (Å²) in [7, 11) is 0. The number of aryl methyl sites for hydroxylation is 1. The van der Waals surface area contributed by atoms with Gasteiger partial charge in [0, 0.05) is 18.2 Å². The molecule has 3 heteroatoms. The van der Waals surface area contributed by atoms with E-state index in [9.17, 15) is 0 Å². The summed E-state index contributed by atoms with van der Waals surface area (Å²) in [4.78, 5) is 5.04. The molecule has 0 aliphatic heterocycles. The Balaban J connectivity index is 1.74. The minimum atomic E-state index is 0.642. The lowest BCUT2D eigenvalue weighted by Crippen LogP contribution is -2.18. The molecule has 2 aliphatic carbocycles. The Labute approximate surface area is 133 Å². The Hall–Kier alpha value is -1.51. The van der Waals surface area contributed by atoms with E-state index in [1.165, 1.54) is 74.9 Å². The molecule has 2 aromatic heterocycles. The van der Waals surface area contributed by atoms with E-state index >= 15 is 0 Å². The van der Waals surface area contributed by atoms with Crippen molar-refractivity contribution >= 4 is 11.5 Å². The second-order valence-corrected chi connectivity index (χ2v) is 7.24. The lowest BCUT2D eigenvalue weighted by molar-refractivity contribution is 0.438. The molecule has 0 aromatic carbocycles. The summed E-state index contributed by atoms with van der Waals surface area (Å²) in [5, 5.41) is 3.85. The highest BCUT2D eigenvalue weighted by Crippen LogP contribution is 2.37. The number of hydrogen-bond donors (Lipinski definition) is 1. The van der Waals surface area contributed by atoms with E-state index in [0.717, 1.165) is 5.65 Å². The maximum absolute atomic E-state index is 5.04. The first-order valence-electron chi connectivity index (χ1n) is 9.06. The standard InChI is InChI=1S/C19H27N3/c1-14-11-12-22-17(13-14)21-18(15-7-3-2-4-8-15)19(22)20-16-9-5-6-10-16/h11-13,15-16,20H,2-10H2,1H3. The molecule has 0 spiro atoms. The van der Waals surface area contributed by atoms with E-state index < -0.39 is 0 Å². The molecule has 0 bridgehead atoms. The molecule has 0 amide bonds. The van der Waals surface area contributed by atoms with Gasteiger partial charge >= 0.3 is 0 Å². The lowest BCUT2D eigenvalue weighted by atomic mass is 9.87. The van der Waals surface area contributed by atoms with E-state index in [4.69, 9.17) is 4.98 Å². The Morgan fingerprint density at radius 1 is 1.05 bits per heavy atom. The first-order chi connectivity index (χ1) is 10.8. The summed E-state index contributed by atoms with van der Waals surface area (Å²) in [5.74, 6) is 1.94. The summed E-state index contributed by atoms with van der Waals surface area (Å²) in [6.07, 6.45) is 14.3. The van der Waals surface area contributed by atoms with Crippen molar-refractivity contribution in [1.82, 2.24) is 9.38 Å². The van der Waals surface area contributed by atoms with E-state index in [0.29, 0.717) is 12.0 Å². The molecular weight excluding hydrogens is 270 g/mol. The fraction of sp³-hybridized carbons (Fsp3) is 0.632. The van der Waals surface area contributed by atoms with Crippen LogP contribution < -0.4 is 5.32 Å². The van der Waals surface area contributed by atoms with Crippen molar-refractivity contribution in [3.05, 3.63) is 29.6 Å². The number of hydrogen-bond acceptors (Lipinski definition) is 2. The van der Waals surface area contributed by atoms with Crippen LogP contribution in [0.25, 0.3) is 5.65 Å². The number of anilines is 1. The maximum atomic E-state index is 5.04. The number of nitrogens with one attached hydrogen (secondary N) is 1. The minimum absolute atomic E-state index is 0.642. The molecule has 0 unspecified atom stereocenters. The largest absolute Gasteiger partial charge is 0.367 e. The van der Waals surface area contributed by atoms with Crippen LogP contribution in [-0.4, -0.2) is 15.4 Å². The van der Waals surface area contributed by atoms with Crippen LogP contribution in [0.5, 0.6) is 0 Å². The van der Waals surface area contributed by atoms with Crippen LogP contribution in [-0.2, 0) is 0 Å². The van der Waals surface area contributed by atoms with Crippen LogP contribution in [0, 0.1) is 6.92 Å². The fourth-order valence-corrected chi connectivity index (χ4v) is 4.23. The molecule has 2 aliphatic rings. The third kappa shape index (κ3) is 2.62. The van der Waals surface area contributed by atoms with Gasteiger partial charge in [-0.05, 0) is 50.3 Å². The highest BCUT2D eigenvalue weighted by atomic mass is 15.1. The maximum Gasteiger partial charge on any atom is 0.138 e. The van der Waals surface area contributed by atoms with Crippen molar-refractivity contribution in [3.63, 3.8) is 0 Å². The summed E-state index contributed by atoms with van der Waals surface area (Å²) in [6.45, 7) is 2.15. The third-order valence-electron chi connectivity index (χ3n) is 5.50. The summed E-state index contributed by atoms with van der Waals surface area (Å²) in [5.41, 5.74) is 3.73. The molecule has 2 heterocycles. The average molecular weight is 297 g/mol. The van der Waals surface area contributed by atoms with Crippen LogP contribution in [0.3, 0.4) is 0 Å². The van der Waals surface area contributed by atoms with Crippen molar-refractivity contribution in [2.24, 2.45) is 0 Å². The van der Waals surface area contributed by atoms with Crippen molar-refractivity contribution in [2.75, 3.05) is 5.32 Å². The van der Waals surface area contributed by atoms with Crippen LogP contribution in [0.1, 0.15) is 75.0 Å². The normalized spacial score (nSPS) is 20.8. The van der Waals surface area contributed by atoms with Crippen LogP contribution in [0.4, 0.5) is 5.82 Å². The molecule has 1 N–H and O–H groups in total. The lowest BCUT2D eigenvalue weighted by Gasteiger charge is -2.22. The molecule has 2 aromatic rings. The first kappa shape index (κ1) is 14.1. The smallest absolute Gasteiger partial charge is 0.138 e. The number of nitrogens with zero attached hydrogens (tertiary/aromatic N) is 2. The highest BCUT2D eigenvalue weighted by Gasteiger charge is 2.25. The minimum Gasteiger partial charge on any atom is -0.367 e. The monoisotopic (exact) mass is 297 g/mol. The Kier molecular flexibility index (Phi) is 3.81. The summed E-state index contributed by atoms with van der Waals surface area (Å²) in [6, 6.07) is 5.05. The van der Waals surface area contributed by atoms with Crippen molar-refractivity contribution in [1.29, 1.82) is 0 Å². The number of pyridine rings is 1. The predicted octanol–water partition coefficient (Wildman–Crippen LogP) is 5.04. The van der Waals surface area contributed by atoms with E-state index in [2.05, 4.69) is 35.0 Å². The van der Waals surface area contributed by atoms with E-state index in [1.54, 1.807) is 0 Å². The molecule has 0 radical (unpaired) electrons. The molecule has 4 rings (SSSR count). The van der Waals surface area contributed by atoms with Gasteiger partial charge in [0.2, 0.25) is 0 Å². The average Bonchev–Trinajstić information content (AvgIpc) is 3.17. The Bertz CT molecular complexity index is 646. The van der Waals surface area contributed by atoms with Gasteiger partial charge in [0.1, 0.15) is 11.5 Å². The molecule has 3 nitrogen and oxygen atoms in total. The second-order valence-electron chi connectivity index (χ2n) is 7.24. The van der Waals surface area contributed by atoms with Gasteiger partial charge in [-0.25, -0.2) is 4.98 Å². The summed E-state index contributed by atoms with van der Waals surface area (Å²) < 4.78 is 2.29. The summed E-state index contributed by atoms with van der Waals surface area (Å²) >= 11 is 0. The van der Waals surface area contributed by atoms with Crippen LogP contribution in [0.2, 0.25) is 0 Å². The van der Waals surface area contributed by atoms with Gasteiger partial charge in [0.15, 0.2) is 0 Å². The van der Waals surface area contributed by atoms with Gasteiger partial charge in [-0.15, -0.1) is 0 Å². The van der Waals surface area contributed by atoms with Gasteiger partial charge in [-0.3, -0.25) is 4.40 Å². The van der Waals surface area contributed by atoms with Gasteiger partial charge in [0.05, 0.1) is 5.69 Å². The van der Waals surface area contributed by atoms with Crippen LogP contribution >= 0.6 is 0 Å². The highest BCUT2D eigenvalue weighted by molar-refractivity contribution is 5.58. The third-order valence-corrected chi connectivity index (χ3v) is 5.50. The number of fused-ring (bicyclic) bond motifs is 1. The molecular formula is C19H27N3. The van der Waals surface area contributed by atoms with Crippen molar-refractivity contribution in [3.8, 4) is 0 Å². The Morgan fingerprint density at radius 3 is 2.55 bits per heavy atom. The molecule has 22 heavy (non-hydrogen) atoms. The van der Waals surface area contributed by atoms with E-state index in [-0.39, 0.29) is 0 Å². The molecule has 0 atom stereocenters. The predicted molar refractivity (Wildman–Crippen MR) is 91.6 cm³/mol. The Morgan fingerprint density at radius 2 is 1.77 bits per heavy atom. The van der Waals surface area contributed by atoms with Crippen molar-refractivity contribution in [2.45, 2.75) is 76.7 Å². The molecule has 118 valence electrons. The van der Waals surface area contributed by atoms with E-state index in [1.807, 2.05) is 0 Å². The number of aromatic nitrogens is 2. The van der Waals surface area contributed by atoms with Gasteiger partial charge in [-0.1, -0.05) is 32.1 Å². The zero-order valence-electron chi connectivity index (χ0n) is 13.6.